The van der Waals surface area contributed by atoms with Crippen molar-refractivity contribution in [1.29, 1.82) is 0 Å². The van der Waals surface area contributed by atoms with E-state index in [0.29, 0.717) is 0 Å². The first-order valence-corrected chi connectivity index (χ1v) is 8.33. The summed E-state index contributed by atoms with van der Waals surface area (Å²) in [5.41, 5.74) is 4.36. The first-order valence-electron chi connectivity index (χ1n) is 8.33. The summed E-state index contributed by atoms with van der Waals surface area (Å²) in [6, 6.07) is 16.2. The Morgan fingerprint density at radius 3 is 2.43 bits per heavy atom. The molecule has 2 amide bonds. The Morgan fingerprint density at radius 1 is 0.913 bits per heavy atom. The van der Waals surface area contributed by atoms with Crippen LogP contribution < -0.4 is 15.1 Å². The lowest BCUT2D eigenvalue weighted by Gasteiger charge is -2.20. The van der Waals surface area contributed by atoms with Gasteiger partial charge < -0.3 is 10.2 Å². The van der Waals surface area contributed by atoms with Crippen LogP contribution in [0, 0.1) is 0 Å². The molecule has 4 heteroatoms. The number of nitrogens with one attached hydrogen (secondary N) is 1. The van der Waals surface area contributed by atoms with Gasteiger partial charge in [0.1, 0.15) is 0 Å². The van der Waals surface area contributed by atoms with Crippen LogP contribution >= 0.6 is 0 Å². The third-order valence-electron chi connectivity index (χ3n) is 4.72. The summed E-state index contributed by atoms with van der Waals surface area (Å²) in [6.45, 7) is 3.02. The lowest BCUT2D eigenvalue weighted by molar-refractivity contribution is 0.257. The van der Waals surface area contributed by atoms with Crippen molar-refractivity contribution in [3.8, 4) is 0 Å². The SMILES string of the molecule is O=C(Nc1ccc(N2CCCC2)cc1)N1CCc2ccccc21. The van der Waals surface area contributed by atoms with Gasteiger partial charge in [-0.25, -0.2) is 4.79 Å². The van der Waals surface area contributed by atoms with Crippen molar-refractivity contribution < 1.29 is 4.79 Å². The molecule has 23 heavy (non-hydrogen) atoms. The smallest absolute Gasteiger partial charge is 0.326 e. The fourth-order valence-corrected chi connectivity index (χ4v) is 3.47. The van der Waals surface area contributed by atoms with Crippen LogP contribution in [0.15, 0.2) is 48.5 Å². The molecule has 1 saturated heterocycles. The molecule has 4 rings (SSSR count). The maximum atomic E-state index is 12.5. The Bertz CT molecular complexity index is 705. The first-order chi connectivity index (χ1) is 11.3. The maximum absolute atomic E-state index is 12.5. The molecule has 0 bridgehead atoms. The summed E-state index contributed by atoms with van der Waals surface area (Å²) in [6.07, 6.45) is 3.47. The number of hydrogen-bond donors (Lipinski definition) is 1. The minimum Gasteiger partial charge on any atom is -0.372 e. The van der Waals surface area contributed by atoms with E-state index >= 15 is 0 Å². The van der Waals surface area contributed by atoms with Crippen LogP contribution in [0.3, 0.4) is 0 Å². The predicted octanol–water partition coefficient (Wildman–Crippen LogP) is 3.88. The van der Waals surface area contributed by atoms with Gasteiger partial charge in [-0.2, -0.15) is 0 Å². The Morgan fingerprint density at radius 2 is 1.65 bits per heavy atom. The molecule has 1 N–H and O–H groups in total. The van der Waals surface area contributed by atoms with E-state index in [1.165, 1.54) is 24.1 Å². The van der Waals surface area contributed by atoms with Gasteiger partial charge in [-0.15, -0.1) is 0 Å². The van der Waals surface area contributed by atoms with Crippen LogP contribution in [0.1, 0.15) is 18.4 Å². The number of nitrogens with zero attached hydrogens (tertiary/aromatic N) is 2. The molecule has 0 radical (unpaired) electrons. The molecule has 1 fully saturated rings. The highest BCUT2D eigenvalue weighted by Crippen LogP contribution is 2.28. The number of urea groups is 1. The minimum atomic E-state index is -0.0520. The van der Waals surface area contributed by atoms with Crippen molar-refractivity contribution in [2.24, 2.45) is 0 Å². The van der Waals surface area contributed by atoms with Gasteiger partial charge in [0.2, 0.25) is 0 Å². The second-order valence-corrected chi connectivity index (χ2v) is 6.20. The van der Waals surface area contributed by atoms with Crippen molar-refractivity contribution >= 4 is 23.1 Å². The molecule has 2 aliphatic heterocycles. The number of rotatable bonds is 2. The number of carbonyl (C=O) groups excluding carboxylic acids is 1. The number of anilines is 3. The summed E-state index contributed by atoms with van der Waals surface area (Å²) in [5.74, 6) is 0. The van der Waals surface area contributed by atoms with Crippen LogP contribution in [0.4, 0.5) is 21.9 Å². The first kappa shape index (κ1) is 14.1. The van der Waals surface area contributed by atoms with E-state index in [2.05, 4.69) is 28.4 Å². The van der Waals surface area contributed by atoms with Gasteiger partial charge in [-0.05, 0) is 55.2 Å². The highest BCUT2D eigenvalue weighted by atomic mass is 16.2. The van der Waals surface area contributed by atoms with Gasteiger partial charge in [0.15, 0.2) is 0 Å². The van der Waals surface area contributed by atoms with Crippen LogP contribution in [0.5, 0.6) is 0 Å². The quantitative estimate of drug-likeness (QED) is 0.914. The molecule has 2 aliphatic rings. The van der Waals surface area contributed by atoms with E-state index in [0.717, 1.165) is 37.4 Å². The fraction of sp³-hybridized carbons (Fsp3) is 0.316. The number of amides is 2. The molecule has 2 aromatic rings. The van der Waals surface area contributed by atoms with Crippen LogP contribution in [0.2, 0.25) is 0 Å². The lowest BCUT2D eigenvalue weighted by Crippen LogP contribution is -2.33. The molecular weight excluding hydrogens is 286 g/mol. The molecule has 2 heterocycles. The Labute approximate surface area is 136 Å². The van der Waals surface area contributed by atoms with E-state index in [9.17, 15) is 4.79 Å². The summed E-state index contributed by atoms with van der Waals surface area (Å²) >= 11 is 0. The molecule has 0 unspecified atom stereocenters. The highest BCUT2D eigenvalue weighted by Gasteiger charge is 2.24. The zero-order valence-corrected chi connectivity index (χ0v) is 13.2. The van der Waals surface area contributed by atoms with Crippen molar-refractivity contribution in [3.05, 3.63) is 54.1 Å². The second-order valence-electron chi connectivity index (χ2n) is 6.20. The molecule has 0 saturated carbocycles. The topological polar surface area (TPSA) is 35.6 Å². The van der Waals surface area contributed by atoms with Crippen molar-refractivity contribution in [3.63, 3.8) is 0 Å². The Kier molecular flexibility index (Phi) is 3.66. The highest BCUT2D eigenvalue weighted by molar-refractivity contribution is 6.03. The summed E-state index contributed by atoms with van der Waals surface area (Å²) < 4.78 is 0. The molecule has 0 spiro atoms. The second kappa shape index (κ2) is 5.95. The molecule has 118 valence electrons. The van der Waals surface area contributed by atoms with E-state index in [-0.39, 0.29) is 6.03 Å². The third-order valence-corrected chi connectivity index (χ3v) is 4.72. The van der Waals surface area contributed by atoms with Crippen LogP contribution in [0.25, 0.3) is 0 Å². The average molecular weight is 307 g/mol. The molecule has 0 aliphatic carbocycles. The molecule has 0 aromatic heterocycles. The Hall–Kier alpha value is -2.49. The monoisotopic (exact) mass is 307 g/mol. The molecule has 4 nitrogen and oxygen atoms in total. The van der Waals surface area contributed by atoms with Gasteiger partial charge in [0.05, 0.1) is 0 Å². The largest absolute Gasteiger partial charge is 0.372 e. The molecule has 2 aromatic carbocycles. The van der Waals surface area contributed by atoms with Gasteiger partial charge >= 0.3 is 6.03 Å². The van der Waals surface area contributed by atoms with Crippen LogP contribution in [-0.4, -0.2) is 25.7 Å². The zero-order valence-electron chi connectivity index (χ0n) is 13.2. The average Bonchev–Trinajstić information content (AvgIpc) is 3.25. The normalized spacial score (nSPS) is 16.5. The fourth-order valence-electron chi connectivity index (χ4n) is 3.47. The number of hydrogen-bond acceptors (Lipinski definition) is 2. The summed E-state index contributed by atoms with van der Waals surface area (Å²) in [5, 5.41) is 3.01. The van der Waals surface area contributed by atoms with Crippen LogP contribution in [-0.2, 0) is 6.42 Å². The Balaban J connectivity index is 1.45. The van der Waals surface area contributed by atoms with Crippen molar-refractivity contribution in [1.82, 2.24) is 0 Å². The van der Waals surface area contributed by atoms with E-state index in [1.807, 2.05) is 35.2 Å². The van der Waals surface area contributed by atoms with E-state index < -0.39 is 0 Å². The molecule has 0 atom stereocenters. The minimum absolute atomic E-state index is 0.0520. The zero-order chi connectivity index (χ0) is 15.6. The standard InChI is InChI=1S/C19H21N3O/c23-19(22-14-11-15-5-1-2-6-18(15)22)20-16-7-9-17(10-8-16)21-12-3-4-13-21/h1-2,5-10H,3-4,11-14H2,(H,20,23). The third kappa shape index (κ3) is 2.77. The number of benzene rings is 2. The van der Waals surface area contributed by atoms with Gasteiger partial charge in [0, 0.05) is 36.7 Å². The lowest BCUT2D eigenvalue weighted by atomic mass is 10.2. The van der Waals surface area contributed by atoms with Gasteiger partial charge in [-0.3, -0.25) is 4.90 Å². The number of fused-ring (bicyclic) bond motifs is 1. The van der Waals surface area contributed by atoms with Crippen molar-refractivity contribution in [2.45, 2.75) is 19.3 Å². The van der Waals surface area contributed by atoms with E-state index in [4.69, 9.17) is 0 Å². The summed E-state index contributed by atoms with van der Waals surface area (Å²) in [7, 11) is 0. The number of carbonyl (C=O) groups is 1. The molecular formula is C19H21N3O. The van der Waals surface area contributed by atoms with Gasteiger partial charge in [0.25, 0.3) is 0 Å². The summed E-state index contributed by atoms with van der Waals surface area (Å²) in [4.78, 5) is 16.7. The van der Waals surface area contributed by atoms with E-state index in [1.54, 1.807) is 0 Å². The number of para-hydroxylation sites is 1. The predicted molar refractivity (Wildman–Crippen MR) is 94.4 cm³/mol. The maximum Gasteiger partial charge on any atom is 0.326 e. The van der Waals surface area contributed by atoms with Gasteiger partial charge in [-0.1, -0.05) is 18.2 Å². The van der Waals surface area contributed by atoms with Crippen molar-refractivity contribution in [2.75, 3.05) is 34.8 Å².